The van der Waals surface area contributed by atoms with Crippen LogP contribution in [0.4, 0.5) is 4.39 Å². The van der Waals surface area contributed by atoms with Crippen molar-refractivity contribution in [1.29, 1.82) is 0 Å². The molecule has 1 aromatic carbocycles. The Labute approximate surface area is 129 Å². The van der Waals surface area contributed by atoms with E-state index in [1.165, 1.54) is 6.07 Å². The Kier molecular flexibility index (Phi) is 4.69. The molecule has 0 amide bonds. The van der Waals surface area contributed by atoms with E-state index >= 15 is 0 Å². The number of aromatic nitrogens is 2. The van der Waals surface area contributed by atoms with Gasteiger partial charge in [0.25, 0.3) is 0 Å². The van der Waals surface area contributed by atoms with Crippen molar-refractivity contribution in [3.63, 3.8) is 0 Å². The fourth-order valence-electron chi connectivity index (χ4n) is 2.49. The normalized spacial score (nSPS) is 14.2. The maximum atomic E-state index is 13.7. The summed E-state index contributed by atoms with van der Waals surface area (Å²) in [6.07, 6.45) is 1.29. The van der Waals surface area contributed by atoms with Crippen LogP contribution in [0.5, 0.6) is 0 Å². The molecule has 0 aliphatic carbocycles. The molecule has 0 saturated carbocycles. The summed E-state index contributed by atoms with van der Waals surface area (Å²) in [5, 5.41) is 15.5. The van der Waals surface area contributed by atoms with Crippen molar-refractivity contribution in [2.24, 2.45) is 7.05 Å². The zero-order chi connectivity index (χ0) is 15.6. The van der Waals surface area contributed by atoms with Crippen LogP contribution in [0.15, 0.2) is 24.3 Å². The van der Waals surface area contributed by atoms with Gasteiger partial charge in [0.15, 0.2) is 0 Å². The fourth-order valence-corrected chi connectivity index (χ4v) is 2.85. The third kappa shape index (κ3) is 3.63. The summed E-state index contributed by atoms with van der Waals surface area (Å²) in [4.78, 5) is 0. The molecule has 1 unspecified atom stereocenters. The minimum Gasteiger partial charge on any atom is -0.389 e. The highest BCUT2D eigenvalue weighted by Gasteiger charge is 2.27. The largest absolute Gasteiger partial charge is 0.389 e. The highest BCUT2D eigenvalue weighted by atomic mass is 35.5. The van der Waals surface area contributed by atoms with Gasteiger partial charge in [-0.25, -0.2) is 4.39 Å². The maximum Gasteiger partial charge on any atom is 0.126 e. The third-order valence-electron chi connectivity index (χ3n) is 3.58. The van der Waals surface area contributed by atoms with Gasteiger partial charge in [0, 0.05) is 19.9 Å². The van der Waals surface area contributed by atoms with Crippen LogP contribution in [0, 0.1) is 5.82 Å². The molecule has 3 nitrogen and oxygen atoms in total. The van der Waals surface area contributed by atoms with Gasteiger partial charge in [-0.1, -0.05) is 36.7 Å². The Morgan fingerprint density at radius 3 is 2.57 bits per heavy atom. The van der Waals surface area contributed by atoms with Gasteiger partial charge in [-0.05, 0) is 25.0 Å². The SMILES string of the molecule is CCc1nn(C)c(CC(C)(O)Cc2ccccc2F)c1Cl. The lowest BCUT2D eigenvalue weighted by Crippen LogP contribution is -2.31. The van der Waals surface area contributed by atoms with Crippen LogP contribution in [-0.2, 0) is 26.3 Å². The van der Waals surface area contributed by atoms with Crippen molar-refractivity contribution in [3.8, 4) is 0 Å². The zero-order valence-corrected chi connectivity index (χ0v) is 13.3. The van der Waals surface area contributed by atoms with E-state index in [1.54, 1.807) is 36.9 Å². The van der Waals surface area contributed by atoms with Gasteiger partial charge in [-0.2, -0.15) is 5.10 Å². The summed E-state index contributed by atoms with van der Waals surface area (Å²) in [5.41, 5.74) is 0.993. The van der Waals surface area contributed by atoms with Gasteiger partial charge < -0.3 is 5.11 Å². The minimum absolute atomic E-state index is 0.225. The average Bonchev–Trinajstić information content (AvgIpc) is 2.68. The average molecular weight is 311 g/mol. The molecular weight excluding hydrogens is 291 g/mol. The van der Waals surface area contributed by atoms with Crippen molar-refractivity contribution in [2.75, 3.05) is 0 Å². The molecule has 1 aromatic heterocycles. The number of benzene rings is 1. The van der Waals surface area contributed by atoms with Gasteiger partial charge in [0.05, 0.1) is 22.0 Å². The Morgan fingerprint density at radius 2 is 2.00 bits per heavy atom. The predicted octanol–water partition coefficient (Wildman–Crippen LogP) is 3.31. The lowest BCUT2D eigenvalue weighted by molar-refractivity contribution is 0.0580. The molecule has 21 heavy (non-hydrogen) atoms. The van der Waals surface area contributed by atoms with Crippen molar-refractivity contribution >= 4 is 11.6 Å². The number of nitrogens with zero attached hydrogens (tertiary/aromatic N) is 2. The molecule has 0 fully saturated rings. The summed E-state index contributed by atoms with van der Waals surface area (Å²) >= 11 is 6.30. The van der Waals surface area contributed by atoms with Crippen LogP contribution < -0.4 is 0 Å². The lowest BCUT2D eigenvalue weighted by atomic mass is 9.91. The summed E-state index contributed by atoms with van der Waals surface area (Å²) < 4.78 is 15.4. The number of hydrogen-bond acceptors (Lipinski definition) is 2. The molecule has 1 atom stereocenters. The van der Waals surface area contributed by atoms with Crippen LogP contribution in [-0.4, -0.2) is 20.5 Å². The van der Waals surface area contributed by atoms with E-state index in [2.05, 4.69) is 5.10 Å². The molecule has 2 aromatic rings. The first-order chi connectivity index (χ1) is 9.84. The minimum atomic E-state index is -1.09. The van der Waals surface area contributed by atoms with Crippen molar-refractivity contribution in [1.82, 2.24) is 9.78 Å². The standard InChI is InChI=1S/C16H20ClFN2O/c1-4-13-15(17)14(20(3)19-13)10-16(2,21)9-11-7-5-6-8-12(11)18/h5-8,21H,4,9-10H2,1-3H3. The molecule has 0 radical (unpaired) electrons. The molecule has 0 aliphatic heterocycles. The molecule has 114 valence electrons. The van der Waals surface area contributed by atoms with Crippen LogP contribution in [0.25, 0.3) is 0 Å². The Balaban J connectivity index is 2.22. The molecule has 0 saturated heterocycles. The van der Waals surface area contributed by atoms with E-state index in [4.69, 9.17) is 11.6 Å². The molecule has 0 bridgehead atoms. The van der Waals surface area contributed by atoms with Crippen molar-refractivity contribution in [3.05, 3.63) is 52.1 Å². The monoisotopic (exact) mass is 310 g/mol. The number of halogens is 2. The van der Waals surface area contributed by atoms with Crippen LogP contribution in [0.1, 0.15) is 30.8 Å². The maximum absolute atomic E-state index is 13.7. The second kappa shape index (κ2) is 6.16. The number of rotatable bonds is 5. The molecule has 5 heteroatoms. The first-order valence-corrected chi connectivity index (χ1v) is 7.38. The first-order valence-electron chi connectivity index (χ1n) is 7.00. The Morgan fingerprint density at radius 1 is 1.33 bits per heavy atom. The summed E-state index contributed by atoms with van der Waals surface area (Å²) in [7, 11) is 1.81. The van der Waals surface area contributed by atoms with Gasteiger partial charge >= 0.3 is 0 Å². The molecule has 1 heterocycles. The summed E-state index contributed by atoms with van der Waals surface area (Å²) in [6.45, 7) is 3.67. The predicted molar refractivity (Wildman–Crippen MR) is 82.0 cm³/mol. The Bertz CT molecular complexity index is 637. The zero-order valence-electron chi connectivity index (χ0n) is 12.5. The van der Waals surface area contributed by atoms with Gasteiger partial charge in [0.1, 0.15) is 5.82 Å². The van der Waals surface area contributed by atoms with Crippen LogP contribution in [0.3, 0.4) is 0 Å². The second-order valence-electron chi connectivity index (χ2n) is 5.63. The molecule has 2 rings (SSSR count). The van der Waals surface area contributed by atoms with Gasteiger partial charge in [0.2, 0.25) is 0 Å². The molecule has 1 N–H and O–H groups in total. The topological polar surface area (TPSA) is 38.0 Å². The number of hydrogen-bond donors (Lipinski definition) is 1. The number of aliphatic hydroxyl groups is 1. The summed E-state index contributed by atoms with van der Waals surface area (Å²) in [6, 6.07) is 6.49. The van der Waals surface area contributed by atoms with Crippen molar-refractivity contribution < 1.29 is 9.50 Å². The van der Waals surface area contributed by atoms with Gasteiger partial charge in [-0.15, -0.1) is 0 Å². The molecule has 0 spiro atoms. The lowest BCUT2D eigenvalue weighted by Gasteiger charge is -2.24. The van der Waals surface area contributed by atoms with E-state index in [1.807, 2.05) is 6.92 Å². The van der Waals surface area contributed by atoms with Crippen LogP contribution >= 0.6 is 11.6 Å². The van der Waals surface area contributed by atoms with Crippen LogP contribution in [0.2, 0.25) is 5.02 Å². The second-order valence-corrected chi connectivity index (χ2v) is 6.00. The molecule has 0 aliphatic rings. The van der Waals surface area contributed by atoms with E-state index in [0.717, 1.165) is 17.8 Å². The van der Waals surface area contributed by atoms with E-state index < -0.39 is 5.60 Å². The first kappa shape index (κ1) is 16.0. The third-order valence-corrected chi connectivity index (χ3v) is 4.02. The molecular formula is C16H20ClFN2O. The smallest absolute Gasteiger partial charge is 0.126 e. The summed E-state index contributed by atoms with van der Waals surface area (Å²) in [5.74, 6) is -0.303. The van der Waals surface area contributed by atoms with Crippen molar-refractivity contribution in [2.45, 2.75) is 38.7 Å². The fraction of sp³-hybridized carbons (Fsp3) is 0.438. The van der Waals surface area contributed by atoms with Gasteiger partial charge in [-0.3, -0.25) is 4.68 Å². The number of aryl methyl sites for hydroxylation is 2. The quantitative estimate of drug-likeness (QED) is 0.920. The van der Waals surface area contributed by atoms with E-state index in [9.17, 15) is 9.50 Å². The highest BCUT2D eigenvalue weighted by molar-refractivity contribution is 6.31. The Hall–Kier alpha value is -1.39. The van der Waals surface area contributed by atoms with E-state index in [0.29, 0.717) is 17.0 Å². The highest BCUT2D eigenvalue weighted by Crippen LogP contribution is 2.27. The van der Waals surface area contributed by atoms with E-state index in [-0.39, 0.29) is 12.2 Å².